The molecule has 0 aromatic carbocycles. The first kappa shape index (κ1) is 17.3. The van der Waals surface area contributed by atoms with Crippen molar-refractivity contribution in [3.05, 3.63) is 11.9 Å². The van der Waals surface area contributed by atoms with Crippen LogP contribution in [0.1, 0.15) is 45.7 Å². The zero-order valence-corrected chi connectivity index (χ0v) is 15.1. The van der Waals surface area contributed by atoms with Gasteiger partial charge in [-0.05, 0) is 31.6 Å². The molecule has 0 bridgehead atoms. The maximum atomic E-state index is 12.8. The van der Waals surface area contributed by atoms with E-state index >= 15 is 0 Å². The fraction of sp³-hybridized carbons (Fsp3) is 0.778. The first-order chi connectivity index (χ1) is 11.6. The Morgan fingerprint density at radius 3 is 2.75 bits per heavy atom. The molecule has 2 saturated heterocycles. The topological polar surface area (TPSA) is 59.4 Å². The minimum absolute atomic E-state index is 0.116. The predicted octanol–water partition coefficient (Wildman–Crippen LogP) is 2.29. The first-order valence-electron chi connectivity index (χ1n) is 9.29. The highest BCUT2D eigenvalue weighted by Gasteiger charge is 2.36. The summed E-state index contributed by atoms with van der Waals surface area (Å²) in [6, 6.07) is 0.238. The molecular formula is C18H30N4O2. The minimum atomic E-state index is -0.116. The summed E-state index contributed by atoms with van der Waals surface area (Å²) in [7, 11) is 0. The first-order valence-corrected chi connectivity index (χ1v) is 9.29. The van der Waals surface area contributed by atoms with Crippen LogP contribution in [-0.4, -0.2) is 52.4 Å². The Hall–Kier alpha value is -1.56. The third kappa shape index (κ3) is 3.58. The fourth-order valence-corrected chi connectivity index (χ4v) is 3.79. The normalized spacial score (nSPS) is 22.6. The number of likely N-dealkylation sites (tertiary alicyclic amines) is 1. The molecule has 1 N–H and O–H groups in total. The van der Waals surface area contributed by atoms with Crippen LogP contribution >= 0.6 is 0 Å². The molecule has 6 nitrogen and oxygen atoms in total. The summed E-state index contributed by atoms with van der Waals surface area (Å²) < 4.78 is 7.49. The van der Waals surface area contributed by atoms with E-state index in [9.17, 15) is 4.79 Å². The van der Waals surface area contributed by atoms with Gasteiger partial charge in [-0.2, -0.15) is 5.10 Å². The summed E-state index contributed by atoms with van der Waals surface area (Å²) in [4.78, 5) is 14.8. The maximum Gasteiger partial charge on any atom is 0.245 e. The summed E-state index contributed by atoms with van der Waals surface area (Å²) in [5, 5.41) is 7.98. The van der Waals surface area contributed by atoms with Crippen LogP contribution in [0.3, 0.4) is 0 Å². The summed E-state index contributed by atoms with van der Waals surface area (Å²) in [6.45, 7) is 9.84. The van der Waals surface area contributed by atoms with Crippen LogP contribution in [0.25, 0.3) is 0 Å². The van der Waals surface area contributed by atoms with E-state index in [2.05, 4.69) is 40.8 Å². The smallest absolute Gasteiger partial charge is 0.245 e. The molecule has 3 rings (SSSR count). The lowest BCUT2D eigenvalue weighted by molar-refractivity contribution is -0.131. The van der Waals surface area contributed by atoms with Crippen LogP contribution < -0.4 is 5.32 Å². The lowest BCUT2D eigenvalue weighted by Gasteiger charge is -2.31. The zero-order chi connectivity index (χ0) is 17.1. The van der Waals surface area contributed by atoms with Crippen molar-refractivity contribution < 1.29 is 9.53 Å². The average Bonchev–Trinajstić information content (AvgIpc) is 3.12. The molecule has 0 spiro atoms. The predicted molar refractivity (Wildman–Crippen MR) is 94.0 cm³/mol. The number of hydrogen-bond donors (Lipinski definition) is 1. The van der Waals surface area contributed by atoms with Crippen molar-refractivity contribution in [3.8, 4) is 0 Å². The molecular weight excluding hydrogens is 304 g/mol. The summed E-state index contributed by atoms with van der Waals surface area (Å²) in [5.41, 5.74) is 2.21. The van der Waals surface area contributed by atoms with Crippen LogP contribution in [-0.2, 0) is 22.5 Å². The fourth-order valence-electron chi connectivity index (χ4n) is 3.79. The van der Waals surface area contributed by atoms with Crippen molar-refractivity contribution in [1.29, 1.82) is 0 Å². The van der Waals surface area contributed by atoms with Gasteiger partial charge < -0.3 is 15.0 Å². The van der Waals surface area contributed by atoms with Gasteiger partial charge in [-0.25, -0.2) is 0 Å². The van der Waals surface area contributed by atoms with E-state index in [-0.39, 0.29) is 11.9 Å². The molecule has 0 saturated carbocycles. The molecule has 24 heavy (non-hydrogen) atoms. The van der Waals surface area contributed by atoms with E-state index in [0.717, 1.165) is 57.7 Å². The van der Waals surface area contributed by atoms with Crippen LogP contribution in [0.4, 0.5) is 5.69 Å². The van der Waals surface area contributed by atoms with Crippen LogP contribution in [0.15, 0.2) is 6.20 Å². The van der Waals surface area contributed by atoms with Gasteiger partial charge in [0, 0.05) is 32.3 Å². The molecule has 6 heteroatoms. The summed E-state index contributed by atoms with van der Waals surface area (Å²) in [6.07, 6.45) is 5.59. The Bertz CT molecular complexity index is 563. The van der Waals surface area contributed by atoms with Crippen molar-refractivity contribution in [2.45, 2.75) is 65.1 Å². The van der Waals surface area contributed by atoms with Crippen LogP contribution in [0.2, 0.25) is 0 Å². The number of carbonyl (C=O) groups excluding carboxylic acids is 1. The van der Waals surface area contributed by atoms with E-state index in [1.54, 1.807) is 0 Å². The van der Waals surface area contributed by atoms with Gasteiger partial charge in [-0.3, -0.25) is 9.48 Å². The molecule has 0 aliphatic carbocycles. The van der Waals surface area contributed by atoms with Crippen LogP contribution in [0.5, 0.6) is 0 Å². The highest BCUT2D eigenvalue weighted by atomic mass is 16.5. The third-order valence-corrected chi connectivity index (χ3v) is 5.02. The molecule has 2 aliphatic heterocycles. The molecule has 2 aliphatic rings. The van der Waals surface area contributed by atoms with Gasteiger partial charge in [0.1, 0.15) is 6.04 Å². The van der Waals surface area contributed by atoms with Crippen molar-refractivity contribution >= 4 is 11.6 Å². The third-order valence-electron chi connectivity index (χ3n) is 5.02. The molecule has 134 valence electrons. The summed E-state index contributed by atoms with van der Waals surface area (Å²) >= 11 is 0. The summed E-state index contributed by atoms with van der Waals surface area (Å²) in [5.74, 6) is 0.792. The van der Waals surface area contributed by atoms with Gasteiger partial charge in [0.25, 0.3) is 0 Å². The van der Waals surface area contributed by atoms with E-state index in [1.165, 1.54) is 5.69 Å². The van der Waals surface area contributed by atoms with E-state index in [4.69, 9.17) is 4.74 Å². The molecule has 1 unspecified atom stereocenters. The van der Waals surface area contributed by atoms with Gasteiger partial charge in [-0.15, -0.1) is 0 Å². The lowest BCUT2D eigenvalue weighted by Crippen LogP contribution is -2.43. The van der Waals surface area contributed by atoms with E-state index < -0.39 is 0 Å². The Balaban J connectivity index is 1.66. The van der Waals surface area contributed by atoms with Gasteiger partial charge in [0.15, 0.2) is 0 Å². The van der Waals surface area contributed by atoms with Crippen LogP contribution in [0, 0.1) is 5.92 Å². The highest BCUT2D eigenvalue weighted by molar-refractivity contribution is 5.87. The maximum absolute atomic E-state index is 12.8. The Morgan fingerprint density at radius 1 is 1.33 bits per heavy atom. The van der Waals surface area contributed by atoms with E-state index in [0.29, 0.717) is 12.0 Å². The number of hydrogen-bond acceptors (Lipinski definition) is 4. The standard InChI is InChI=1S/C18H30N4O2/c1-4-17-16(11-19-22(17)12-13(2)3)20-15-5-8-21(18(15)23)14-6-9-24-10-7-14/h11,13-15,20H,4-10,12H2,1-3H3. The Labute approximate surface area is 144 Å². The second-order valence-electron chi connectivity index (χ2n) is 7.30. The SMILES string of the molecule is CCc1c(NC2CCN(C3CCOCC3)C2=O)cnn1CC(C)C. The molecule has 1 amide bonds. The van der Waals surface area contributed by atoms with Gasteiger partial charge in [0.05, 0.1) is 17.6 Å². The average molecular weight is 334 g/mol. The monoisotopic (exact) mass is 334 g/mol. The number of carbonyl (C=O) groups is 1. The van der Waals surface area contributed by atoms with Gasteiger partial charge >= 0.3 is 0 Å². The molecule has 2 fully saturated rings. The number of anilines is 1. The molecule has 0 radical (unpaired) electrons. The number of aromatic nitrogens is 2. The van der Waals surface area contributed by atoms with Gasteiger partial charge in [-0.1, -0.05) is 20.8 Å². The second kappa shape index (κ2) is 7.55. The van der Waals surface area contributed by atoms with Crippen molar-refractivity contribution in [1.82, 2.24) is 14.7 Å². The number of amides is 1. The molecule has 1 aromatic rings. The minimum Gasteiger partial charge on any atom is -0.381 e. The highest BCUT2D eigenvalue weighted by Crippen LogP contribution is 2.25. The molecule has 1 aromatic heterocycles. The zero-order valence-electron chi connectivity index (χ0n) is 15.1. The Morgan fingerprint density at radius 2 is 2.08 bits per heavy atom. The van der Waals surface area contributed by atoms with Crippen molar-refractivity contribution in [2.24, 2.45) is 5.92 Å². The number of nitrogens with one attached hydrogen (secondary N) is 1. The quantitative estimate of drug-likeness (QED) is 0.867. The second-order valence-corrected chi connectivity index (χ2v) is 7.30. The lowest BCUT2D eigenvalue weighted by atomic mass is 10.1. The largest absolute Gasteiger partial charge is 0.381 e. The number of nitrogens with zero attached hydrogens (tertiary/aromatic N) is 3. The number of rotatable bonds is 6. The van der Waals surface area contributed by atoms with E-state index in [1.807, 2.05) is 6.20 Å². The van der Waals surface area contributed by atoms with Crippen molar-refractivity contribution in [3.63, 3.8) is 0 Å². The Kier molecular flexibility index (Phi) is 5.43. The van der Waals surface area contributed by atoms with Gasteiger partial charge in [0.2, 0.25) is 5.91 Å². The molecule has 1 atom stereocenters. The van der Waals surface area contributed by atoms with Crippen molar-refractivity contribution in [2.75, 3.05) is 25.1 Å². The molecule has 3 heterocycles. The number of ether oxygens (including phenoxy) is 1.